The third kappa shape index (κ3) is 2.34. The summed E-state index contributed by atoms with van der Waals surface area (Å²) in [5, 5.41) is 12.3. The lowest BCUT2D eigenvalue weighted by atomic mass is 10.1. The van der Waals surface area contributed by atoms with Crippen LogP contribution in [0.2, 0.25) is 0 Å². The summed E-state index contributed by atoms with van der Waals surface area (Å²) < 4.78 is 3.48. The molecule has 0 spiro atoms. The third-order valence-corrected chi connectivity index (χ3v) is 5.01. The minimum Gasteiger partial charge on any atom is -0.351 e. The molecule has 1 saturated carbocycles. The minimum absolute atomic E-state index is 0.00924. The van der Waals surface area contributed by atoms with Gasteiger partial charge in [-0.15, -0.1) is 15.3 Å². The van der Waals surface area contributed by atoms with Gasteiger partial charge in [-0.1, -0.05) is 0 Å². The van der Waals surface area contributed by atoms with Crippen LogP contribution in [0.5, 0.6) is 0 Å². The zero-order valence-electron chi connectivity index (χ0n) is 13.9. The van der Waals surface area contributed by atoms with Crippen LogP contribution in [0, 0.1) is 0 Å². The zero-order chi connectivity index (χ0) is 17.0. The Balaban J connectivity index is 1.33. The van der Waals surface area contributed by atoms with E-state index in [1.165, 1.54) is 0 Å². The van der Waals surface area contributed by atoms with Crippen LogP contribution < -0.4 is 15.4 Å². The highest BCUT2D eigenvalue weighted by atomic mass is 16.1. The van der Waals surface area contributed by atoms with E-state index >= 15 is 0 Å². The summed E-state index contributed by atoms with van der Waals surface area (Å²) in [5.41, 5.74) is 0.738. The molecule has 3 aromatic heterocycles. The van der Waals surface area contributed by atoms with Crippen molar-refractivity contribution in [3.05, 3.63) is 41.2 Å². The molecule has 1 aliphatic carbocycles. The number of nitrogens with zero attached hydrogens (tertiary/aromatic N) is 8. The van der Waals surface area contributed by atoms with Gasteiger partial charge < -0.3 is 14.4 Å². The molecule has 4 heterocycles. The Bertz CT molecular complexity index is 985. The van der Waals surface area contributed by atoms with E-state index in [9.17, 15) is 4.79 Å². The molecule has 0 aromatic carbocycles. The van der Waals surface area contributed by atoms with E-state index in [4.69, 9.17) is 0 Å². The molecule has 3 aromatic rings. The molecular formula is C16H18N8O. The molecule has 2 aliphatic rings. The first-order chi connectivity index (χ1) is 12.2. The van der Waals surface area contributed by atoms with E-state index in [0.29, 0.717) is 11.9 Å². The van der Waals surface area contributed by atoms with E-state index in [-0.39, 0.29) is 11.6 Å². The number of aromatic nitrogens is 6. The molecule has 5 rings (SSSR count). The Morgan fingerprint density at radius 1 is 1.24 bits per heavy atom. The lowest BCUT2D eigenvalue weighted by molar-refractivity contribution is 0.484. The molecule has 0 bridgehead atoms. The number of fused-ring (bicyclic) bond motifs is 1. The van der Waals surface area contributed by atoms with Crippen LogP contribution in [0.3, 0.4) is 0 Å². The summed E-state index contributed by atoms with van der Waals surface area (Å²) in [7, 11) is 1.94. The van der Waals surface area contributed by atoms with Crippen molar-refractivity contribution in [2.75, 3.05) is 29.9 Å². The van der Waals surface area contributed by atoms with Gasteiger partial charge in [0.2, 0.25) is 0 Å². The normalized spacial score (nSPS) is 17.7. The fourth-order valence-corrected chi connectivity index (χ4v) is 3.24. The molecule has 1 aliphatic heterocycles. The molecule has 0 atom stereocenters. The second-order valence-corrected chi connectivity index (χ2v) is 6.69. The second-order valence-electron chi connectivity index (χ2n) is 6.69. The Labute approximate surface area is 143 Å². The number of rotatable bonds is 4. The molecule has 0 amide bonds. The molecule has 9 heteroatoms. The monoisotopic (exact) mass is 338 g/mol. The van der Waals surface area contributed by atoms with Gasteiger partial charge in [0.25, 0.3) is 5.56 Å². The number of anilines is 2. The molecule has 1 saturated heterocycles. The average Bonchev–Trinajstić information content (AvgIpc) is 3.30. The summed E-state index contributed by atoms with van der Waals surface area (Å²) in [6.07, 6.45) is 7.28. The summed E-state index contributed by atoms with van der Waals surface area (Å²) in [6.45, 7) is 1.60. The standard InChI is InChI=1S/C16H18N8O/c1-21(15-16(25)23(7-6-17-15)11-2-3-11)12-8-22(9-12)14-5-4-13-19-18-10-24(13)20-14/h4-7,10-12H,2-3,8-9H2,1H3. The molecular weight excluding hydrogens is 320 g/mol. The van der Waals surface area contributed by atoms with E-state index in [0.717, 1.165) is 37.4 Å². The van der Waals surface area contributed by atoms with Gasteiger partial charge in [0.15, 0.2) is 11.5 Å². The predicted octanol–water partition coefficient (Wildman–Crippen LogP) is 0.341. The maximum absolute atomic E-state index is 12.6. The zero-order valence-corrected chi connectivity index (χ0v) is 13.9. The fraction of sp³-hybridized carbons (Fsp3) is 0.438. The van der Waals surface area contributed by atoms with Gasteiger partial charge in [-0.2, -0.15) is 4.52 Å². The molecule has 25 heavy (non-hydrogen) atoms. The number of likely N-dealkylation sites (N-methyl/N-ethyl adjacent to an activating group) is 1. The smallest absolute Gasteiger partial charge is 0.293 e. The van der Waals surface area contributed by atoms with Crippen molar-refractivity contribution in [3.63, 3.8) is 0 Å². The lowest BCUT2D eigenvalue weighted by Gasteiger charge is -2.44. The number of hydrogen-bond acceptors (Lipinski definition) is 7. The van der Waals surface area contributed by atoms with Crippen LogP contribution in [0.4, 0.5) is 11.6 Å². The van der Waals surface area contributed by atoms with Gasteiger partial charge >= 0.3 is 0 Å². The van der Waals surface area contributed by atoms with Crippen LogP contribution in [-0.2, 0) is 0 Å². The van der Waals surface area contributed by atoms with E-state index in [1.807, 2.05) is 28.6 Å². The first-order valence-corrected chi connectivity index (χ1v) is 8.43. The lowest BCUT2D eigenvalue weighted by Crippen LogP contribution is -2.60. The SMILES string of the molecule is CN(c1nccn(C2CC2)c1=O)C1CN(c2ccc3nncn3n2)C1. The molecule has 0 N–H and O–H groups in total. The maximum atomic E-state index is 12.6. The highest BCUT2D eigenvalue weighted by Crippen LogP contribution is 2.33. The van der Waals surface area contributed by atoms with Crippen molar-refractivity contribution in [1.29, 1.82) is 0 Å². The van der Waals surface area contributed by atoms with Gasteiger partial charge in [0, 0.05) is 38.6 Å². The van der Waals surface area contributed by atoms with E-state index in [2.05, 4.69) is 25.2 Å². The summed E-state index contributed by atoms with van der Waals surface area (Å²) in [4.78, 5) is 21.1. The molecule has 9 nitrogen and oxygen atoms in total. The van der Waals surface area contributed by atoms with Crippen molar-refractivity contribution in [3.8, 4) is 0 Å². The number of hydrogen-bond donors (Lipinski definition) is 0. The summed E-state index contributed by atoms with van der Waals surface area (Å²) >= 11 is 0. The highest BCUT2D eigenvalue weighted by Gasteiger charge is 2.34. The largest absolute Gasteiger partial charge is 0.351 e. The van der Waals surface area contributed by atoms with Crippen molar-refractivity contribution in [2.24, 2.45) is 0 Å². The van der Waals surface area contributed by atoms with Crippen molar-refractivity contribution in [1.82, 2.24) is 29.4 Å². The Morgan fingerprint density at radius 2 is 2.08 bits per heavy atom. The summed E-state index contributed by atoms with van der Waals surface area (Å²) in [5.74, 6) is 1.41. The molecule has 2 fully saturated rings. The quantitative estimate of drug-likeness (QED) is 0.678. The van der Waals surface area contributed by atoms with Crippen molar-refractivity contribution < 1.29 is 0 Å². The average molecular weight is 338 g/mol. The molecule has 0 unspecified atom stereocenters. The van der Waals surface area contributed by atoms with Gasteiger partial charge in [0.05, 0.1) is 6.04 Å². The highest BCUT2D eigenvalue weighted by molar-refractivity contribution is 5.50. The van der Waals surface area contributed by atoms with Gasteiger partial charge in [-0.05, 0) is 25.0 Å². The van der Waals surface area contributed by atoms with Crippen LogP contribution in [-0.4, -0.2) is 55.5 Å². The molecule has 0 radical (unpaired) electrons. The third-order valence-electron chi connectivity index (χ3n) is 5.01. The predicted molar refractivity (Wildman–Crippen MR) is 92.0 cm³/mol. The van der Waals surface area contributed by atoms with Crippen LogP contribution in [0.15, 0.2) is 35.6 Å². The minimum atomic E-state index is 0.00924. The first-order valence-electron chi connectivity index (χ1n) is 8.43. The Morgan fingerprint density at radius 3 is 2.88 bits per heavy atom. The summed E-state index contributed by atoms with van der Waals surface area (Å²) in [6, 6.07) is 4.45. The maximum Gasteiger partial charge on any atom is 0.293 e. The van der Waals surface area contributed by atoms with E-state index < -0.39 is 0 Å². The van der Waals surface area contributed by atoms with E-state index in [1.54, 1.807) is 23.2 Å². The van der Waals surface area contributed by atoms with Gasteiger partial charge in [-0.25, -0.2) is 4.98 Å². The van der Waals surface area contributed by atoms with Crippen LogP contribution in [0.1, 0.15) is 18.9 Å². The van der Waals surface area contributed by atoms with Crippen LogP contribution in [0.25, 0.3) is 5.65 Å². The van der Waals surface area contributed by atoms with Gasteiger partial charge in [0.1, 0.15) is 12.1 Å². The second kappa shape index (κ2) is 5.27. The Hall–Kier alpha value is -2.97. The van der Waals surface area contributed by atoms with Crippen LogP contribution >= 0.6 is 0 Å². The fourth-order valence-electron chi connectivity index (χ4n) is 3.24. The van der Waals surface area contributed by atoms with Crippen molar-refractivity contribution in [2.45, 2.75) is 24.9 Å². The Kier molecular flexibility index (Phi) is 3.03. The van der Waals surface area contributed by atoms with Crippen molar-refractivity contribution >= 4 is 17.3 Å². The molecule has 128 valence electrons. The van der Waals surface area contributed by atoms with Gasteiger partial charge in [-0.3, -0.25) is 4.79 Å². The topological polar surface area (TPSA) is 84.5 Å². The first kappa shape index (κ1) is 14.4.